The molecule has 1 aliphatic carbocycles. The van der Waals surface area contributed by atoms with E-state index < -0.39 is 17.3 Å². The van der Waals surface area contributed by atoms with E-state index in [0.717, 1.165) is 5.56 Å². The van der Waals surface area contributed by atoms with Crippen molar-refractivity contribution in [2.45, 2.75) is 26.0 Å². The molecule has 1 aliphatic rings. The minimum atomic E-state index is -0.608. The van der Waals surface area contributed by atoms with Crippen LogP contribution in [0.2, 0.25) is 0 Å². The Labute approximate surface area is 138 Å². The van der Waals surface area contributed by atoms with Crippen LogP contribution in [-0.2, 0) is 16.1 Å². The van der Waals surface area contributed by atoms with E-state index in [1.54, 1.807) is 13.0 Å². The van der Waals surface area contributed by atoms with Gasteiger partial charge in [-0.15, -0.1) is 0 Å². The summed E-state index contributed by atoms with van der Waals surface area (Å²) in [6.07, 6.45) is 3.66. The highest BCUT2D eigenvalue weighted by Crippen LogP contribution is 2.25. The SMILES string of the molecule is Cc1cn([C@H]2CC=C(COCc3ccccc3)C2=O)c(=O)[nH]c1=O. The summed E-state index contributed by atoms with van der Waals surface area (Å²) in [5.74, 6) is -0.142. The standard InChI is InChI=1S/C18H18N2O4/c1-12-9-20(18(23)19-17(12)22)15-8-7-14(16(15)21)11-24-10-13-5-3-2-4-6-13/h2-7,9,15H,8,10-11H2,1H3,(H,19,22,23)/t15-/m0/s1. The maximum Gasteiger partial charge on any atom is 0.329 e. The van der Waals surface area contributed by atoms with E-state index in [-0.39, 0.29) is 12.4 Å². The largest absolute Gasteiger partial charge is 0.372 e. The maximum atomic E-state index is 12.5. The second-order valence-corrected chi connectivity index (χ2v) is 5.80. The number of carbonyl (C=O) groups excluding carboxylic acids is 1. The first-order chi connectivity index (χ1) is 11.6. The lowest BCUT2D eigenvalue weighted by atomic mass is 10.1. The van der Waals surface area contributed by atoms with E-state index in [1.165, 1.54) is 10.8 Å². The molecule has 0 unspecified atom stereocenters. The Bertz CT molecular complexity index is 893. The van der Waals surface area contributed by atoms with Gasteiger partial charge in [-0.3, -0.25) is 19.1 Å². The van der Waals surface area contributed by atoms with E-state index in [4.69, 9.17) is 4.74 Å². The van der Waals surface area contributed by atoms with Crippen LogP contribution in [-0.4, -0.2) is 21.9 Å². The van der Waals surface area contributed by atoms with Crippen LogP contribution in [0.1, 0.15) is 23.6 Å². The first-order valence-corrected chi connectivity index (χ1v) is 7.73. The molecule has 0 fully saturated rings. The van der Waals surface area contributed by atoms with Gasteiger partial charge in [-0.1, -0.05) is 36.4 Å². The van der Waals surface area contributed by atoms with Crippen LogP contribution < -0.4 is 11.2 Å². The van der Waals surface area contributed by atoms with Gasteiger partial charge < -0.3 is 4.74 Å². The Morgan fingerprint density at radius 3 is 2.67 bits per heavy atom. The van der Waals surface area contributed by atoms with Gasteiger partial charge in [0.05, 0.1) is 13.2 Å². The Kier molecular flexibility index (Phi) is 4.57. The summed E-state index contributed by atoms with van der Waals surface area (Å²) in [4.78, 5) is 38.1. The van der Waals surface area contributed by atoms with Crippen molar-refractivity contribution in [3.8, 4) is 0 Å². The van der Waals surface area contributed by atoms with Gasteiger partial charge in [-0.25, -0.2) is 4.79 Å². The molecule has 1 N–H and O–H groups in total. The fourth-order valence-electron chi connectivity index (χ4n) is 2.72. The predicted molar refractivity (Wildman–Crippen MR) is 88.9 cm³/mol. The lowest BCUT2D eigenvalue weighted by Gasteiger charge is -2.13. The van der Waals surface area contributed by atoms with E-state index in [9.17, 15) is 14.4 Å². The molecule has 3 rings (SSSR count). The van der Waals surface area contributed by atoms with Gasteiger partial charge >= 0.3 is 5.69 Å². The van der Waals surface area contributed by atoms with Gasteiger partial charge in [-0.2, -0.15) is 0 Å². The number of aryl methyl sites for hydroxylation is 1. The molecule has 1 aromatic heterocycles. The van der Waals surface area contributed by atoms with E-state index in [0.29, 0.717) is 24.2 Å². The number of nitrogens with zero attached hydrogens (tertiary/aromatic N) is 1. The number of hydrogen-bond acceptors (Lipinski definition) is 4. The molecule has 0 radical (unpaired) electrons. The smallest absolute Gasteiger partial charge is 0.329 e. The number of Topliss-reactive ketones (excluding diaryl/α,β-unsaturated/α-hetero) is 1. The molecule has 1 heterocycles. The Balaban J connectivity index is 1.65. The Morgan fingerprint density at radius 1 is 1.17 bits per heavy atom. The van der Waals surface area contributed by atoms with Gasteiger partial charge in [0.1, 0.15) is 6.04 Å². The van der Waals surface area contributed by atoms with Crippen molar-refractivity contribution >= 4 is 5.78 Å². The summed E-state index contributed by atoms with van der Waals surface area (Å²) >= 11 is 0. The second-order valence-electron chi connectivity index (χ2n) is 5.80. The summed E-state index contributed by atoms with van der Waals surface area (Å²) < 4.78 is 6.89. The van der Waals surface area contributed by atoms with Gasteiger partial charge in [0.25, 0.3) is 5.56 Å². The van der Waals surface area contributed by atoms with Crippen LogP contribution in [0.25, 0.3) is 0 Å². The zero-order valence-corrected chi connectivity index (χ0v) is 13.3. The third-order valence-corrected chi connectivity index (χ3v) is 4.06. The Hall–Kier alpha value is -2.73. The average molecular weight is 326 g/mol. The highest BCUT2D eigenvalue weighted by molar-refractivity contribution is 6.00. The zero-order valence-electron chi connectivity index (χ0n) is 13.3. The molecule has 0 bridgehead atoms. The van der Waals surface area contributed by atoms with Gasteiger partial charge in [0.2, 0.25) is 0 Å². The number of allylic oxidation sites excluding steroid dienone is 1. The number of carbonyl (C=O) groups is 1. The molecular weight excluding hydrogens is 308 g/mol. The number of aromatic amines is 1. The fraction of sp³-hybridized carbons (Fsp3) is 0.278. The molecule has 6 heteroatoms. The monoisotopic (exact) mass is 326 g/mol. The van der Waals surface area contributed by atoms with Crippen LogP contribution in [0.5, 0.6) is 0 Å². The summed E-state index contributed by atoms with van der Waals surface area (Å²) in [6.45, 7) is 2.24. The molecular formula is C18H18N2O4. The first kappa shape index (κ1) is 16.1. The number of rotatable bonds is 5. The van der Waals surface area contributed by atoms with E-state index in [1.807, 2.05) is 30.3 Å². The summed E-state index contributed by atoms with van der Waals surface area (Å²) in [7, 11) is 0. The molecule has 0 aliphatic heterocycles. The van der Waals surface area contributed by atoms with Crippen molar-refractivity contribution < 1.29 is 9.53 Å². The van der Waals surface area contributed by atoms with E-state index >= 15 is 0 Å². The molecule has 0 spiro atoms. The molecule has 1 aromatic carbocycles. The lowest BCUT2D eigenvalue weighted by molar-refractivity contribution is -0.118. The van der Waals surface area contributed by atoms with Crippen molar-refractivity contribution in [2.24, 2.45) is 0 Å². The third kappa shape index (κ3) is 3.28. The molecule has 0 saturated heterocycles. The van der Waals surface area contributed by atoms with Crippen LogP contribution in [0.3, 0.4) is 0 Å². The Morgan fingerprint density at radius 2 is 1.92 bits per heavy atom. The highest BCUT2D eigenvalue weighted by atomic mass is 16.5. The summed E-state index contributed by atoms with van der Waals surface area (Å²) in [5, 5.41) is 0. The number of hydrogen-bond donors (Lipinski definition) is 1. The van der Waals surface area contributed by atoms with Gasteiger partial charge in [-0.05, 0) is 18.9 Å². The molecule has 0 saturated carbocycles. The zero-order chi connectivity index (χ0) is 17.1. The van der Waals surface area contributed by atoms with Crippen molar-refractivity contribution in [3.63, 3.8) is 0 Å². The minimum absolute atomic E-state index is 0.142. The second kappa shape index (κ2) is 6.80. The first-order valence-electron chi connectivity index (χ1n) is 7.73. The summed E-state index contributed by atoms with van der Waals surface area (Å²) in [5.41, 5.74) is 1.00. The van der Waals surface area contributed by atoms with Crippen molar-refractivity contribution in [3.05, 3.63) is 80.1 Å². The molecule has 24 heavy (non-hydrogen) atoms. The molecule has 0 amide bonds. The summed E-state index contributed by atoms with van der Waals surface area (Å²) in [6, 6.07) is 9.09. The maximum absolute atomic E-state index is 12.5. The number of aromatic nitrogens is 2. The lowest BCUT2D eigenvalue weighted by Crippen LogP contribution is -2.35. The van der Waals surface area contributed by atoms with Crippen LogP contribution in [0, 0.1) is 6.92 Å². The molecule has 2 aromatic rings. The molecule has 1 atom stereocenters. The van der Waals surface area contributed by atoms with Crippen molar-refractivity contribution in [1.29, 1.82) is 0 Å². The highest BCUT2D eigenvalue weighted by Gasteiger charge is 2.29. The quantitative estimate of drug-likeness (QED) is 0.903. The number of benzene rings is 1. The number of nitrogens with one attached hydrogen (secondary N) is 1. The minimum Gasteiger partial charge on any atom is -0.372 e. The molecule has 124 valence electrons. The third-order valence-electron chi connectivity index (χ3n) is 4.06. The number of ketones is 1. The van der Waals surface area contributed by atoms with Crippen molar-refractivity contribution in [1.82, 2.24) is 9.55 Å². The average Bonchev–Trinajstić information content (AvgIpc) is 2.93. The van der Waals surface area contributed by atoms with Crippen molar-refractivity contribution in [2.75, 3.05) is 6.61 Å². The van der Waals surface area contributed by atoms with E-state index in [2.05, 4.69) is 4.98 Å². The topological polar surface area (TPSA) is 81.2 Å². The fourth-order valence-corrected chi connectivity index (χ4v) is 2.72. The van der Waals surface area contributed by atoms with Crippen LogP contribution >= 0.6 is 0 Å². The van der Waals surface area contributed by atoms with Crippen LogP contribution in [0.4, 0.5) is 0 Å². The number of H-pyrrole nitrogens is 1. The van der Waals surface area contributed by atoms with Crippen LogP contribution in [0.15, 0.2) is 57.8 Å². The normalized spacial score (nSPS) is 17.1. The van der Waals surface area contributed by atoms with Gasteiger partial charge in [0, 0.05) is 17.3 Å². The molecule has 6 nitrogen and oxygen atoms in total. The number of ether oxygens (including phenoxy) is 1. The predicted octanol–water partition coefficient (Wildman–Crippen LogP) is 1.50. The van der Waals surface area contributed by atoms with Gasteiger partial charge in [0.15, 0.2) is 5.78 Å².